The van der Waals surface area contributed by atoms with Crippen LogP contribution >= 0.6 is 12.8 Å². The van der Waals surface area contributed by atoms with E-state index in [1.807, 2.05) is 20.8 Å². The summed E-state index contributed by atoms with van der Waals surface area (Å²) in [5, 5.41) is 2.68. The lowest BCUT2D eigenvalue weighted by Crippen LogP contribution is -2.39. The second-order valence-corrected chi connectivity index (χ2v) is 3.11. The van der Waals surface area contributed by atoms with E-state index in [1.165, 1.54) is 4.31 Å². The van der Waals surface area contributed by atoms with Crippen LogP contribution in [0.25, 0.3) is 0 Å². The second kappa shape index (κ2) is 6.14. The Bertz CT molecular complexity index is 141. The summed E-state index contributed by atoms with van der Waals surface area (Å²) in [5.41, 5.74) is 0. The maximum Gasteiger partial charge on any atom is 0.329 e. The number of hydrogen-bond donors (Lipinski definition) is 2. The molecular weight excluding hydrogens is 176 g/mol. The van der Waals surface area contributed by atoms with Gasteiger partial charge in [-0.25, -0.2) is 9.10 Å². The van der Waals surface area contributed by atoms with Gasteiger partial charge in [-0.3, -0.25) is 0 Å². The van der Waals surface area contributed by atoms with E-state index in [2.05, 4.69) is 18.1 Å². The highest BCUT2D eigenvalue weighted by atomic mass is 32.1. The number of ether oxygens (including phenoxy) is 1. The van der Waals surface area contributed by atoms with Crippen molar-refractivity contribution >= 4 is 18.8 Å². The van der Waals surface area contributed by atoms with Crippen LogP contribution in [-0.2, 0) is 4.74 Å². The first kappa shape index (κ1) is 11.6. The van der Waals surface area contributed by atoms with Crippen molar-refractivity contribution in [3.8, 4) is 0 Å². The van der Waals surface area contributed by atoms with Gasteiger partial charge in [-0.15, -0.1) is 0 Å². The number of nitrogens with one attached hydrogen (secondary N) is 1. The molecule has 0 aliphatic heterocycles. The van der Waals surface area contributed by atoms with Crippen molar-refractivity contribution in [2.45, 2.75) is 26.8 Å². The van der Waals surface area contributed by atoms with Gasteiger partial charge in [0, 0.05) is 12.6 Å². The predicted molar refractivity (Wildman–Crippen MR) is 51.0 cm³/mol. The Morgan fingerprint density at radius 3 is 2.67 bits per heavy atom. The minimum absolute atomic E-state index is 0.119. The lowest BCUT2D eigenvalue weighted by atomic mass is 10.4. The second-order valence-electron chi connectivity index (χ2n) is 2.63. The summed E-state index contributed by atoms with van der Waals surface area (Å²) in [6.07, 6.45) is 0. The van der Waals surface area contributed by atoms with Crippen LogP contribution in [0.15, 0.2) is 0 Å². The zero-order valence-electron chi connectivity index (χ0n) is 7.70. The van der Waals surface area contributed by atoms with Gasteiger partial charge in [0.25, 0.3) is 0 Å². The van der Waals surface area contributed by atoms with Crippen LogP contribution in [0, 0.1) is 0 Å². The van der Waals surface area contributed by atoms with Gasteiger partial charge in [-0.2, -0.15) is 0 Å². The van der Waals surface area contributed by atoms with Gasteiger partial charge >= 0.3 is 6.03 Å². The molecule has 1 N–H and O–H groups in total. The molecule has 72 valence electrons. The predicted octanol–water partition coefficient (Wildman–Crippen LogP) is 1.25. The van der Waals surface area contributed by atoms with E-state index in [-0.39, 0.29) is 18.8 Å². The first-order valence-electron chi connectivity index (χ1n) is 3.92. The summed E-state index contributed by atoms with van der Waals surface area (Å²) in [6.45, 7) is 6.42. The molecule has 0 atom stereocenters. The van der Waals surface area contributed by atoms with Crippen molar-refractivity contribution in [1.29, 1.82) is 0 Å². The zero-order valence-corrected chi connectivity index (χ0v) is 8.60. The third-order valence-corrected chi connectivity index (χ3v) is 1.36. The fourth-order valence-electron chi connectivity index (χ4n) is 0.558. The van der Waals surface area contributed by atoms with Gasteiger partial charge in [-0.05, 0) is 20.8 Å². The normalized spacial score (nSPS) is 10.1. The SMILES string of the molecule is CCOCN(S)C(=O)NC(C)C. The van der Waals surface area contributed by atoms with E-state index in [0.717, 1.165) is 0 Å². The molecule has 0 bridgehead atoms. The number of hydrogen-bond acceptors (Lipinski definition) is 3. The highest BCUT2D eigenvalue weighted by Gasteiger charge is 2.09. The highest BCUT2D eigenvalue weighted by Crippen LogP contribution is 1.95. The molecule has 12 heavy (non-hydrogen) atoms. The fraction of sp³-hybridized carbons (Fsp3) is 0.857. The van der Waals surface area contributed by atoms with E-state index >= 15 is 0 Å². The van der Waals surface area contributed by atoms with Crippen molar-refractivity contribution in [2.75, 3.05) is 13.3 Å². The van der Waals surface area contributed by atoms with E-state index in [9.17, 15) is 4.79 Å². The molecule has 0 spiro atoms. The lowest BCUT2D eigenvalue weighted by molar-refractivity contribution is 0.0960. The molecule has 0 aromatic rings. The number of carbonyl (C=O) groups is 1. The van der Waals surface area contributed by atoms with Crippen molar-refractivity contribution in [1.82, 2.24) is 9.62 Å². The zero-order chi connectivity index (χ0) is 9.56. The smallest absolute Gasteiger partial charge is 0.329 e. The van der Waals surface area contributed by atoms with Gasteiger partial charge in [0.2, 0.25) is 0 Å². The van der Waals surface area contributed by atoms with Crippen LogP contribution in [-0.4, -0.2) is 29.7 Å². The maximum atomic E-state index is 11.1. The lowest BCUT2D eigenvalue weighted by Gasteiger charge is -2.17. The number of rotatable bonds is 4. The molecule has 0 rings (SSSR count). The molecule has 2 amide bonds. The molecule has 0 aromatic carbocycles. The van der Waals surface area contributed by atoms with Crippen molar-refractivity contribution < 1.29 is 9.53 Å². The van der Waals surface area contributed by atoms with E-state index in [0.29, 0.717) is 6.61 Å². The van der Waals surface area contributed by atoms with Crippen molar-refractivity contribution in [3.63, 3.8) is 0 Å². The summed E-state index contributed by atoms with van der Waals surface area (Å²) >= 11 is 3.93. The third kappa shape index (κ3) is 5.26. The Morgan fingerprint density at radius 1 is 1.67 bits per heavy atom. The molecule has 0 saturated carbocycles. The standard InChI is InChI=1S/C7H16N2O2S/c1-4-11-5-9(12)7(10)8-6(2)3/h6,12H,4-5H2,1-3H3,(H,8,10). The molecule has 5 heteroatoms. The largest absolute Gasteiger partial charge is 0.360 e. The number of thiol groups is 1. The van der Waals surface area contributed by atoms with Crippen LogP contribution < -0.4 is 5.32 Å². The average Bonchev–Trinajstić information content (AvgIpc) is 1.98. The minimum atomic E-state index is -0.234. The molecule has 0 saturated heterocycles. The molecule has 0 fully saturated rings. The monoisotopic (exact) mass is 192 g/mol. The van der Waals surface area contributed by atoms with Crippen LogP contribution in [0.2, 0.25) is 0 Å². The number of carbonyl (C=O) groups excluding carboxylic acids is 1. The Morgan fingerprint density at radius 2 is 2.25 bits per heavy atom. The highest BCUT2D eigenvalue weighted by molar-refractivity contribution is 7.78. The molecule has 0 heterocycles. The molecule has 0 aliphatic rings. The van der Waals surface area contributed by atoms with Crippen LogP contribution in [0.4, 0.5) is 4.79 Å². The van der Waals surface area contributed by atoms with Gasteiger partial charge < -0.3 is 10.1 Å². The van der Waals surface area contributed by atoms with Gasteiger partial charge in [-0.1, -0.05) is 12.8 Å². The summed E-state index contributed by atoms with van der Waals surface area (Å²) < 4.78 is 6.18. The number of nitrogens with zero attached hydrogens (tertiary/aromatic N) is 1. The number of urea groups is 1. The quantitative estimate of drug-likeness (QED) is 0.520. The number of amides is 2. The van der Waals surface area contributed by atoms with E-state index in [4.69, 9.17) is 4.74 Å². The van der Waals surface area contributed by atoms with Gasteiger partial charge in [0.15, 0.2) is 0 Å². The minimum Gasteiger partial charge on any atom is -0.360 e. The Kier molecular flexibility index (Phi) is 5.92. The summed E-state index contributed by atoms with van der Waals surface area (Å²) in [5.74, 6) is 0. The fourth-order valence-corrected chi connectivity index (χ4v) is 0.697. The summed E-state index contributed by atoms with van der Waals surface area (Å²) in [4.78, 5) is 11.1. The topological polar surface area (TPSA) is 41.6 Å². The molecule has 0 aliphatic carbocycles. The Hall–Kier alpha value is -0.420. The first-order valence-corrected chi connectivity index (χ1v) is 4.32. The molecule has 0 aromatic heterocycles. The molecule has 0 unspecified atom stereocenters. The third-order valence-electron chi connectivity index (χ3n) is 1.06. The summed E-state index contributed by atoms with van der Waals surface area (Å²) in [6, 6.07) is -0.115. The van der Waals surface area contributed by atoms with Crippen LogP contribution in [0.3, 0.4) is 0 Å². The van der Waals surface area contributed by atoms with Gasteiger partial charge in [0.1, 0.15) is 6.73 Å². The first-order chi connectivity index (χ1) is 5.57. The van der Waals surface area contributed by atoms with Crippen molar-refractivity contribution in [2.24, 2.45) is 0 Å². The molecular formula is C7H16N2O2S. The Labute approximate surface area is 78.8 Å². The average molecular weight is 192 g/mol. The van der Waals surface area contributed by atoms with E-state index in [1.54, 1.807) is 0 Å². The summed E-state index contributed by atoms with van der Waals surface area (Å²) in [7, 11) is 0. The maximum absolute atomic E-state index is 11.1. The Balaban J connectivity index is 3.61. The van der Waals surface area contributed by atoms with Gasteiger partial charge in [0.05, 0.1) is 0 Å². The van der Waals surface area contributed by atoms with Crippen LogP contribution in [0.1, 0.15) is 20.8 Å². The van der Waals surface area contributed by atoms with Crippen molar-refractivity contribution in [3.05, 3.63) is 0 Å². The molecule has 4 nitrogen and oxygen atoms in total. The van der Waals surface area contributed by atoms with E-state index < -0.39 is 0 Å². The van der Waals surface area contributed by atoms with Crippen LogP contribution in [0.5, 0.6) is 0 Å². The molecule has 0 radical (unpaired) electrons.